The Bertz CT molecular complexity index is 361. The zero-order chi connectivity index (χ0) is 10.7. The van der Waals surface area contributed by atoms with Gasteiger partial charge >= 0.3 is 0 Å². The summed E-state index contributed by atoms with van der Waals surface area (Å²) in [4.78, 5) is 11.7. The van der Waals surface area contributed by atoms with Crippen LogP contribution >= 0.6 is 0 Å². The number of hydrogen-bond acceptors (Lipinski definition) is 2. The van der Waals surface area contributed by atoms with Crippen LogP contribution in [0.2, 0.25) is 0 Å². The Balaban J connectivity index is 2.15. The summed E-state index contributed by atoms with van der Waals surface area (Å²) >= 11 is 0. The van der Waals surface area contributed by atoms with Crippen LogP contribution in [0, 0.1) is 0 Å². The molecule has 1 aliphatic rings. The molecular weight excluding hydrogens is 192 g/mol. The molecule has 1 aromatic rings. The van der Waals surface area contributed by atoms with E-state index in [1.54, 1.807) is 17.9 Å². The molecule has 1 aliphatic carbocycles. The molecule has 0 spiro atoms. The molecule has 0 bridgehead atoms. The molecule has 0 unspecified atom stereocenters. The van der Waals surface area contributed by atoms with Gasteiger partial charge in [0, 0.05) is 13.2 Å². The second-order valence-electron chi connectivity index (χ2n) is 4.21. The molecule has 0 radical (unpaired) electrons. The standard InChI is InChI=1S/C11H18N2O2/c1-15-8-9-7-11(14)13(12-9)10-5-3-2-4-6-10/h7,10,12H,2-6,8H2,1H3. The minimum atomic E-state index is 0.0777. The number of nitrogens with zero attached hydrogens (tertiary/aromatic N) is 1. The van der Waals surface area contributed by atoms with Crippen LogP contribution < -0.4 is 5.56 Å². The van der Waals surface area contributed by atoms with E-state index in [4.69, 9.17) is 4.74 Å². The van der Waals surface area contributed by atoms with E-state index in [9.17, 15) is 4.79 Å². The minimum absolute atomic E-state index is 0.0777. The molecule has 84 valence electrons. The van der Waals surface area contributed by atoms with Gasteiger partial charge in [0.2, 0.25) is 0 Å². The van der Waals surface area contributed by atoms with Gasteiger partial charge in [0.15, 0.2) is 0 Å². The summed E-state index contributed by atoms with van der Waals surface area (Å²) < 4.78 is 6.77. The van der Waals surface area contributed by atoms with Crippen molar-refractivity contribution in [3.05, 3.63) is 22.1 Å². The fraction of sp³-hybridized carbons (Fsp3) is 0.727. The highest BCUT2D eigenvalue weighted by Crippen LogP contribution is 2.26. The molecule has 1 aromatic heterocycles. The van der Waals surface area contributed by atoms with Crippen LogP contribution in [-0.4, -0.2) is 16.9 Å². The van der Waals surface area contributed by atoms with Crippen LogP contribution in [0.15, 0.2) is 10.9 Å². The molecule has 0 amide bonds. The third-order valence-electron chi connectivity index (χ3n) is 3.04. The van der Waals surface area contributed by atoms with E-state index < -0.39 is 0 Å². The number of rotatable bonds is 3. The lowest BCUT2D eigenvalue weighted by molar-refractivity contribution is 0.179. The van der Waals surface area contributed by atoms with Crippen molar-refractivity contribution < 1.29 is 4.74 Å². The van der Waals surface area contributed by atoms with Gasteiger partial charge in [0.05, 0.1) is 18.3 Å². The molecule has 1 heterocycles. The highest BCUT2D eigenvalue weighted by atomic mass is 16.5. The van der Waals surface area contributed by atoms with Crippen molar-refractivity contribution in [2.75, 3.05) is 7.11 Å². The van der Waals surface area contributed by atoms with Crippen molar-refractivity contribution in [1.82, 2.24) is 9.78 Å². The van der Waals surface area contributed by atoms with Crippen LogP contribution in [-0.2, 0) is 11.3 Å². The SMILES string of the molecule is COCc1cc(=O)n(C2CCCCC2)[nH]1. The average molecular weight is 210 g/mol. The molecule has 0 atom stereocenters. The molecule has 1 fully saturated rings. The van der Waals surface area contributed by atoms with Gasteiger partial charge in [-0.05, 0) is 12.8 Å². The van der Waals surface area contributed by atoms with Crippen molar-refractivity contribution in [2.24, 2.45) is 0 Å². The maximum Gasteiger partial charge on any atom is 0.267 e. The van der Waals surface area contributed by atoms with E-state index in [0.29, 0.717) is 12.6 Å². The van der Waals surface area contributed by atoms with Crippen molar-refractivity contribution in [3.63, 3.8) is 0 Å². The maximum absolute atomic E-state index is 11.7. The first-order chi connectivity index (χ1) is 7.31. The van der Waals surface area contributed by atoms with Gasteiger partial charge in [0.25, 0.3) is 5.56 Å². The summed E-state index contributed by atoms with van der Waals surface area (Å²) in [6.45, 7) is 0.481. The fourth-order valence-corrected chi connectivity index (χ4v) is 2.30. The van der Waals surface area contributed by atoms with E-state index in [1.165, 1.54) is 19.3 Å². The third-order valence-corrected chi connectivity index (χ3v) is 3.04. The second-order valence-corrected chi connectivity index (χ2v) is 4.21. The smallest absolute Gasteiger partial charge is 0.267 e. The average Bonchev–Trinajstić information content (AvgIpc) is 2.61. The first-order valence-corrected chi connectivity index (χ1v) is 5.60. The van der Waals surface area contributed by atoms with Gasteiger partial charge in [-0.2, -0.15) is 0 Å². The van der Waals surface area contributed by atoms with E-state index in [2.05, 4.69) is 5.10 Å². The molecule has 1 N–H and O–H groups in total. The lowest BCUT2D eigenvalue weighted by Crippen LogP contribution is -2.23. The van der Waals surface area contributed by atoms with Crippen molar-refractivity contribution in [3.8, 4) is 0 Å². The number of aromatic nitrogens is 2. The Morgan fingerprint density at radius 1 is 1.47 bits per heavy atom. The number of aromatic amines is 1. The lowest BCUT2D eigenvalue weighted by Gasteiger charge is -2.21. The van der Waals surface area contributed by atoms with Crippen molar-refractivity contribution >= 4 is 0 Å². The van der Waals surface area contributed by atoms with Gasteiger partial charge in [-0.15, -0.1) is 0 Å². The molecule has 4 nitrogen and oxygen atoms in total. The van der Waals surface area contributed by atoms with E-state index in [0.717, 1.165) is 18.5 Å². The number of methoxy groups -OCH3 is 1. The normalized spacial score (nSPS) is 18.2. The molecular formula is C11H18N2O2. The Hall–Kier alpha value is -1.03. The third kappa shape index (κ3) is 2.31. The van der Waals surface area contributed by atoms with Gasteiger partial charge in [0.1, 0.15) is 0 Å². The van der Waals surface area contributed by atoms with Crippen LogP contribution in [0.1, 0.15) is 43.8 Å². The molecule has 2 rings (SSSR count). The highest BCUT2D eigenvalue weighted by Gasteiger charge is 2.17. The van der Waals surface area contributed by atoms with E-state index >= 15 is 0 Å². The topological polar surface area (TPSA) is 47.0 Å². The van der Waals surface area contributed by atoms with Gasteiger partial charge in [-0.1, -0.05) is 19.3 Å². The zero-order valence-electron chi connectivity index (χ0n) is 9.16. The summed E-state index contributed by atoms with van der Waals surface area (Å²) in [6, 6.07) is 2.01. The first-order valence-electron chi connectivity index (χ1n) is 5.60. The Morgan fingerprint density at radius 2 is 2.20 bits per heavy atom. The summed E-state index contributed by atoms with van der Waals surface area (Å²) in [5, 5.41) is 3.13. The maximum atomic E-state index is 11.7. The minimum Gasteiger partial charge on any atom is -0.378 e. The summed E-state index contributed by atoms with van der Waals surface area (Å²) in [5.41, 5.74) is 0.946. The molecule has 1 saturated carbocycles. The van der Waals surface area contributed by atoms with Crippen LogP contribution in [0.3, 0.4) is 0 Å². The van der Waals surface area contributed by atoms with Crippen molar-refractivity contribution in [2.45, 2.75) is 44.8 Å². The molecule has 15 heavy (non-hydrogen) atoms. The Labute approximate surface area is 89.2 Å². The van der Waals surface area contributed by atoms with Gasteiger partial charge in [-0.25, -0.2) is 4.68 Å². The predicted molar refractivity (Wildman–Crippen MR) is 57.9 cm³/mol. The molecule has 0 aromatic carbocycles. The number of nitrogens with one attached hydrogen (secondary N) is 1. The van der Waals surface area contributed by atoms with Gasteiger partial charge < -0.3 is 4.74 Å². The monoisotopic (exact) mass is 210 g/mol. The highest BCUT2D eigenvalue weighted by molar-refractivity contribution is 4.99. The van der Waals surface area contributed by atoms with Crippen molar-refractivity contribution in [1.29, 1.82) is 0 Å². The summed E-state index contributed by atoms with van der Waals surface area (Å²) in [6.07, 6.45) is 6.00. The zero-order valence-corrected chi connectivity index (χ0v) is 9.16. The predicted octanol–water partition coefficient (Wildman–Crippen LogP) is 1.83. The number of H-pyrrole nitrogens is 1. The van der Waals surface area contributed by atoms with Crippen LogP contribution in [0.25, 0.3) is 0 Å². The molecule has 0 aliphatic heterocycles. The fourth-order valence-electron chi connectivity index (χ4n) is 2.30. The quantitative estimate of drug-likeness (QED) is 0.827. The van der Waals surface area contributed by atoms with Gasteiger partial charge in [-0.3, -0.25) is 9.89 Å². The first kappa shape index (κ1) is 10.5. The number of hydrogen-bond donors (Lipinski definition) is 1. The second kappa shape index (κ2) is 4.66. The number of ether oxygens (including phenoxy) is 1. The Kier molecular flexibility index (Phi) is 3.26. The summed E-state index contributed by atoms with van der Waals surface area (Å²) in [5.74, 6) is 0. The Morgan fingerprint density at radius 3 is 2.87 bits per heavy atom. The molecule has 0 saturated heterocycles. The van der Waals surface area contributed by atoms with E-state index in [-0.39, 0.29) is 5.56 Å². The van der Waals surface area contributed by atoms with Crippen LogP contribution in [0.4, 0.5) is 0 Å². The lowest BCUT2D eigenvalue weighted by atomic mass is 9.96. The molecule has 4 heteroatoms. The van der Waals surface area contributed by atoms with E-state index in [1.807, 2.05) is 0 Å². The summed E-state index contributed by atoms with van der Waals surface area (Å²) in [7, 11) is 1.64. The largest absolute Gasteiger partial charge is 0.378 e. The van der Waals surface area contributed by atoms with Crippen LogP contribution in [0.5, 0.6) is 0 Å².